The molecular formula is C14H33NO4S. The van der Waals surface area contributed by atoms with Crippen molar-refractivity contribution in [3.05, 3.63) is 0 Å². The van der Waals surface area contributed by atoms with Gasteiger partial charge in [0.25, 0.3) is 0 Å². The molecule has 6 heteroatoms. The first-order valence-electron chi connectivity index (χ1n) is 7.88. The van der Waals surface area contributed by atoms with E-state index in [2.05, 4.69) is 19.3 Å². The van der Waals surface area contributed by atoms with Crippen LogP contribution in [0.25, 0.3) is 0 Å². The van der Waals surface area contributed by atoms with Crippen LogP contribution in [0.4, 0.5) is 0 Å². The third kappa shape index (κ3) is 36.1. The molecule has 0 bridgehead atoms. The van der Waals surface area contributed by atoms with Crippen molar-refractivity contribution < 1.29 is 22.8 Å². The molecule has 0 rings (SSSR count). The van der Waals surface area contributed by atoms with Gasteiger partial charge in [-0.25, -0.2) is 8.42 Å². The molecule has 3 N–H and O–H groups in total. The summed E-state index contributed by atoms with van der Waals surface area (Å²) in [4.78, 5) is 0. The quantitative estimate of drug-likeness (QED) is 0.329. The fraction of sp³-hybridized carbons (Fsp3) is 1.00. The minimum atomic E-state index is -4.92. The molecule has 5 nitrogen and oxygen atoms in total. The molecule has 0 unspecified atom stereocenters. The first-order chi connectivity index (χ1) is 9.41. The van der Waals surface area contributed by atoms with Gasteiger partial charge in [-0.1, -0.05) is 64.7 Å². The molecule has 0 aromatic carbocycles. The molecule has 0 atom stereocenters. The summed E-state index contributed by atoms with van der Waals surface area (Å²) < 4.78 is 32.8. The Morgan fingerprint density at radius 1 is 0.850 bits per heavy atom. The normalized spacial score (nSPS) is 11.0. The van der Waals surface area contributed by atoms with E-state index in [1.165, 1.54) is 77.2 Å². The summed E-state index contributed by atoms with van der Waals surface area (Å²) in [5, 5.41) is 2.29. The van der Waals surface area contributed by atoms with Gasteiger partial charge < -0.3 is 9.87 Å². The minimum absolute atomic E-state index is 1.32. The molecule has 0 aromatic heterocycles. The van der Waals surface area contributed by atoms with Crippen molar-refractivity contribution in [1.29, 1.82) is 0 Å². The van der Waals surface area contributed by atoms with Crippen LogP contribution in [0, 0.1) is 0 Å². The van der Waals surface area contributed by atoms with Crippen LogP contribution < -0.4 is 5.32 Å². The van der Waals surface area contributed by atoms with E-state index < -0.39 is 10.4 Å². The largest absolute Gasteiger partial charge is 0.726 e. The lowest BCUT2D eigenvalue weighted by atomic mass is 10.1. The predicted molar refractivity (Wildman–Crippen MR) is 81.5 cm³/mol. The first kappa shape index (κ1) is 22.1. The van der Waals surface area contributed by atoms with Crippen LogP contribution in [0.3, 0.4) is 0 Å². The van der Waals surface area contributed by atoms with Crippen LogP contribution in [0.15, 0.2) is 0 Å². The van der Waals surface area contributed by atoms with E-state index >= 15 is 0 Å². The van der Waals surface area contributed by atoms with Crippen molar-refractivity contribution in [2.75, 3.05) is 13.6 Å². The van der Waals surface area contributed by atoms with Gasteiger partial charge in [0.2, 0.25) is 10.4 Å². The smallest absolute Gasteiger partial charge is 0.215 e. The van der Waals surface area contributed by atoms with Gasteiger partial charge in [-0.2, -0.15) is 0 Å². The zero-order valence-electron chi connectivity index (χ0n) is 13.1. The Balaban J connectivity index is 0. The lowest BCUT2D eigenvalue weighted by molar-refractivity contribution is -0.627. The van der Waals surface area contributed by atoms with E-state index in [0.29, 0.717) is 0 Å². The van der Waals surface area contributed by atoms with Gasteiger partial charge in [-0.3, -0.25) is 4.55 Å². The topological polar surface area (TPSA) is 94.0 Å². The van der Waals surface area contributed by atoms with Crippen molar-refractivity contribution in [2.24, 2.45) is 0 Å². The maximum Gasteiger partial charge on any atom is 0.215 e. The van der Waals surface area contributed by atoms with Gasteiger partial charge in [0.1, 0.15) is 0 Å². The van der Waals surface area contributed by atoms with Gasteiger partial charge in [0, 0.05) is 0 Å². The molecular weight excluding hydrogens is 278 g/mol. The summed E-state index contributed by atoms with van der Waals surface area (Å²) in [6.45, 7) is 3.60. The molecule has 0 amide bonds. The van der Waals surface area contributed by atoms with Crippen LogP contribution in [-0.4, -0.2) is 31.1 Å². The zero-order chi connectivity index (χ0) is 15.7. The highest BCUT2D eigenvalue weighted by Crippen LogP contribution is 2.10. The first-order valence-corrected chi connectivity index (χ1v) is 9.24. The van der Waals surface area contributed by atoms with Crippen molar-refractivity contribution in [1.82, 2.24) is 0 Å². The van der Waals surface area contributed by atoms with Crippen LogP contribution in [-0.2, 0) is 10.4 Å². The van der Waals surface area contributed by atoms with Gasteiger partial charge in [0.15, 0.2) is 0 Å². The third-order valence-corrected chi connectivity index (χ3v) is 3.10. The van der Waals surface area contributed by atoms with Crippen molar-refractivity contribution >= 4 is 10.4 Å². The summed E-state index contributed by atoms with van der Waals surface area (Å²) in [5.74, 6) is 0. The Hall–Kier alpha value is -0.170. The Morgan fingerprint density at radius 2 is 1.15 bits per heavy atom. The van der Waals surface area contributed by atoms with Gasteiger partial charge in [-0.05, 0) is 12.8 Å². The lowest BCUT2D eigenvalue weighted by Gasteiger charge is -2.01. The highest BCUT2D eigenvalue weighted by Gasteiger charge is 1.92. The Labute approximate surface area is 125 Å². The molecule has 0 saturated heterocycles. The second kappa shape index (κ2) is 16.9. The Bertz CT molecular complexity index is 248. The molecule has 0 aliphatic rings. The van der Waals surface area contributed by atoms with Crippen LogP contribution in [0.2, 0.25) is 0 Å². The molecule has 0 radical (unpaired) electrons. The second-order valence-electron chi connectivity index (χ2n) is 5.16. The van der Waals surface area contributed by atoms with Crippen molar-refractivity contribution in [3.8, 4) is 0 Å². The predicted octanol–water partition coefficient (Wildman–Crippen LogP) is 2.50. The average molecular weight is 311 g/mol. The fourth-order valence-electron chi connectivity index (χ4n) is 2.01. The maximum absolute atomic E-state index is 8.63. The number of nitrogens with two attached hydrogens (primary N) is 1. The minimum Gasteiger partial charge on any atom is -0.726 e. The van der Waals surface area contributed by atoms with Crippen LogP contribution in [0.5, 0.6) is 0 Å². The standard InChI is InChI=1S/C14H31N.H2O4S/c1-3-4-5-6-7-8-9-10-11-12-13-14-15-2;1-5(2,3)4/h15H,3-14H2,1-2H3;(H2,1,2,3,4). The van der Waals surface area contributed by atoms with Crippen LogP contribution >= 0.6 is 0 Å². The monoisotopic (exact) mass is 311 g/mol. The van der Waals surface area contributed by atoms with Gasteiger partial charge in [0.05, 0.1) is 13.6 Å². The number of hydrogen-bond acceptors (Lipinski definition) is 3. The average Bonchev–Trinajstić information content (AvgIpc) is 2.34. The highest BCUT2D eigenvalue weighted by atomic mass is 32.3. The number of quaternary nitrogens is 1. The highest BCUT2D eigenvalue weighted by molar-refractivity contribution is 7.79. The summed E-state index contributed by atoms with van der Waals surface area (Å²) in [5.41, 5.74) is 0. The molecule has 0 fully saturated rings. The molecule has 0 aliphatic carbocycles. The molecule has 0 aromatic rings. The third-order valence-electron chi connectivity index (χ3n) is 3.10. The van der Waals surface area contributed by atoms with Crippen molar-refractivity contribution in [3.63, 3.8) is 0 Å². The van der Waals surface area contributed by atoms with E-state index in [0.717, 1.165) is 0 Å². The number of unbranched alkanes of at least 4 members (excludes halogenated alkanes) is 10. The van der Waals surface area contributed by atoms with E-state index in [1.54, 1.807) is 0 Å². The maximum atomic E-state index is 8.63. The Kier molecular flexibility index (Phi) is 18.7. The lowest BCUT2D eigenvalue weighted by Crippen LogP contribution is -2.79. The summed E-state index contributed by atoms with van der Waals surface area (Å²) in [6, 6.07) is 0. The molecule has 20 heavy (non-hydrogen) atoms. The summed E-state index contributed by atoms with van der Waals surface area (Å²) in [7, 11) is -2.75. The van der Waals surface area contributed by atoms with E-state index in [9.17, 15) is 0 Å². The second-order valence-corrected chi connectivity index (χ2v) is 6.02. The van der Waals surface area contributed by atoms with E-state index in [4.69, 9.17) is 17.5 Å². The zero-order valence-corrected chi connectivity index (χ0v) is 14.0. The number of hydrogen-bond donors (Lipinski definition) is 2. The summed E-state index contributed by atoms with van der Waals surface area (Å²) in [6.07, 6.45) is 15.9. The SMILES string of the molecule is CCCCCCCCCCCCC[NH2+]C.O=S(=O)([O-])O. The van der Waals surface area contributed by atoms with E-state index in [1.807, 2.05) is 0 Å². The number of rotatable bonds is 12. The molecule has 0 saturated carbocycles. The van der Waals surface area contributed by atoms with Crippen LogP contribution in [0.1, 0.15) is 77.6 Å². The molecule has 0 aliphatic heterocycles. The van der Waals surface area contributed by atoms with Crippen molar-refractivity contribution in [2.45, 2.75) is 77.6 Å². The Morgan fingerprint density at radius 3 is 1.45 bits per heavy atom. The van der Waals surface area contributed by atoms with Gasteiger partial charge in [-0.15, -0.1) is 0 Å². The van der Waals surface area contributed by atoms with E-state index in [-0.39, 0.29) is 0 Å². The van der Waals surface area contributed by atoms with Gasteiger partial charge >= 0.3 is 0 Å². The summed E-state index contributed by atoms with van der Waals surface area (Å²) >= 11 is 0. The fourth-order valence-corrected chi connectivity index (χ4v) is 2.01. The molecule has 124 valence electrons. The molecule has 0 spiro atoms. The molecule has 0 heterocycles.